The summed E-state index contributed by atoms with van der Waals surface area (Å²) < 4.78 is 53.7. The summed E-state index contributed by atoms with van der Waals surface area (Å²) in [6.07, 6.45) is 1.16. The van der Waals surface area contributed by atoms with Gasteiger partial charge in [0.25, 0.3) is 0 Å². The van der Waals surface area contributed by atoms with Crippen LogP contribution in [0.25, 0.3) is 11.2 Å². The first kappa shape index (κ1) is 30.4. The third kappa shape index (κ3) is 7.66. The van der Waals surface area contributed by atoms with Crippen molar-refractivity contribution in [3.8, 4) is 5.75 Å². The van der Waals surface area contributed by atoms with E-state index in [9.17, 15) is 9.36 Å². The third-order valence-electron chi connectivity index (χ3n) is 6.42. The van der Waals surface area contributed by atoms with Crippen molar-refractivity contribution >= 4 is 30.3 Å². The zero-order valence-corrected chi connectivity index (χ0v) is 24.6. The lowest BCUT2D eigenvalue weighted by molar-refractivity contribution is -0.146. The fourth-order valence-electron chi connectivity index (χ4n) is 4.39. The number of aromatic nitrogens is 3. The molecule has 0 fully saturated rings. The second-order valence-electron chi connectivity index (χ2n) is 10.4. The van der Waals surface area contributed by atoms with Crippen LogP contribution in [0, 0.1) is 5.92 Å². The molecular formula is C30H33FN5O6P. The summed E-state index contributed by atoms with van der Waals surface area (Å²) in [5.41, 5.74) is 7.90. The van der Waals surface area contributed by atoms with Crippen LogP contribution in [0.1, 0.15) is 25.6 Å². The zero-order chi connectivity index (χ0) is 30.4. The quantitative estimate of drug-likeness (QED) is 0.150. The Hall–Kier alpha value is -4.09. The largest absolute Gasteiger partial charge is 0.464 e. The van der Waals surface area contributed by atoms with Gasteiger partial charge in [0.2, 0.25) is 0 Å². The highest BCUT2D eigenvalue weighted by Gasteiger charge is 2.37. The first-order chi connectivity index (χ1) is 20.7. The van der Waals surface area contributed by atoms with Crippen LogP contribution in [0.3, 0.4) is 0 Å². The fraction of sp³-hybridized carbons (Fsp3) is 0.300. The molecule has 43 heavy (non-hydrogen) atoms. The number of carbonyl (C=O) groups is 1. The molecule has 4 aromatic rings. The summed E-state index contributed by atoms with van der Waals surface area (Å²) in [6, 6.07) is 18.3. The van der Waals surface area contributed by atoms with Crippen LogP contribution in [0.4, 0.5) is 10.1 Å². The average molecular weight is 610 g/mol. The highest BCUT2D eigenvalue weighted by Crippen LogP contribution is 2.45. The van der Waals surface area contributed by atoms with Gasteiger partial charge in [0.15, 0.2) is 30.3 Å². The first-order valence-corrected chi connectivity index (χ1v) is 15.5. The monoisotopic (exact) mass is 609 g/mol. The number of carbonyl (C=O) groups excluding carboxylic acids is 1. The van der Waals surface area contributed by atoms with E-state index < -0.39 is 44.2 Å². The van der Waals surface area contributed by atoms with Crippen LogP contribution in [0.5, 0.6) is 5.75 Å². The Balaban J connectivity index is 1.35. The summed E-state index contributed by atoms with van der Waals surface area (Å²) in [5.74, 6) is -0.849. The van der Waals surface area contributed by atoms with Crippen molar-refractivity contribution in [3.63, 3.8) is 0 Å². The molecule has 0 unspecified atom stereocenters. The maximum atomic E-state index is 15.1. The van der Waals surface area contributed by atoms with Crippen LogP contribution in [0.2, 0.25) is 0 Å². The smallest absolute Gasteiger partial charge is 0.342 e. The highest BCUT2D eigenvalue weighted by molar-refractivity contribution is 7.57. The van der Waals surface area contributed by atoms with Gasteiger partial charge in [0.05, 0.1) is 18.6 Å². The Labute approximate surface area is 248 Å². The van der Waals surface area contributed by atoms with E-state index in [4.69, 9.17) is 24.5 Å². The number of benzene rings is 2. The van der Waals surface area contributed by atoms with E-state index >= 15 is 4.39 Å². The second-order valence-corrected chi connectivity index (χ2v) is 12.4. The van der Waals surface area contributed by atoms with Gasteiger partial charge in [-0.05, 0) is 36.1 Å². The van der Waals surface area contributed by atoms with Gasteiger partial charge in [-0.2, -0.15) is 0 Å². The molecule has 2 aromatic carbocycles. The maximum absolute atomic E-state index is 15.1. The molecule has 0 radical (unpaired) electrons. The zero-order valence-electron chi connectivity index (χ0n) is 23.7. The molecule has 3 N–H and O–H groups in total. The number of anilines is 1. The normalized spacial score (nSPS) is 18.7. The summed E-state index contributed by atoms with van der Waals surface area (Å²) in [7, 11) is -3.99. The van der Waals surface area contributed by atoms with E-state index in [2.05, 4.69) is 15.1 Å². The van der Waals surface area contributed by atoms with E-state index in [1.54, 1.807) is 36.4 Å². The number of hydrogen-bond acceptors (Lipinski definition) is 9. The molecule has 0 amide bonds. The predicted molar refractivity (Wildman–Crippen MR) is 159 cm³/mol. The minimum Gasteiger partial charge on any atom is -0.464 e. The lowest BCUT2D eigenvalue weighted by atomic mass is 10.1. The number of imidazole rings is 1. The molecule has 2 aromatic heterocycles. The van der Waals surface area contributed by atoms with Gasteiger partial charge >= 0.3 is 13.5 Å². The van der Waals surface area contributed by atoms with Crippen molar-refractivity contribution in [2.24, 2.45) is 5.92 Å². The molecule has 13 heteroatoms. The van der Waals surface area contributed by atoms with Crippen molar-refractivity contribution in [2.75, 3.05) is 18.7 Å². The standard InChI is InChI=1S/C30H33FN5O6P/c1-20(2)17-39-30(37)25(15-21-9-5-3-6-10-21)35-43(38,42-22-11-7-4-8-12-22)19-40-26-16-23(31)29(41-26)36-18-34-27-24(32)13-14-33-28(27)36/h3-14,16,18,20,25-26,29H,15,17,19H2,1-2H3,(H2,32,33)(H,35,38)/t25-,26-,29+,43-/m0/s1. The number of pyridine rings is 1. The Bertz CT molecular complexity index is 1620. The van der Waals surface area contributed by atoms with Crippen LogP contribution in [0.15, 0.2) is 91.2 Å². The third-order valence-corrected chi connectivity index (χ3v) is 8.12. The number of nitrogen functional groups attached to an aromatic ring is 1. The number of nitrogens with one attached hydrogen (secondary N) is 1. The molecule has 0 saturated carbocycles. The maximum Gasteiger partial charge on any atom is 0.342 e. The summed E-state index contributed by atoms with van der Waals surface area (Å²) in [4.78, 5) is 21.6. The molecule has 0 aliphatic carbocycles. The topological polar surface area (TPSA) is 140 Å². The first-order valence-electron chi connectivity index (χ1n) is 13.7. The van der Waals surface area contributed by atoms with Crippen molar-refractivity contribution in [3.05, 3.63) is 96.7 Å². The summed E-state index contributed by atoms with van der Waals surface area (Å²) >= 11 is 0. The van der Waals surface area contributed by atoms with Gasteiger partial charge in [-0.15, -0.1) is 0 Å². The van der Waals surface area contributed by atoms with Crippen molar-refractivity contribution < 1.29 is 32.5 Å². The Morgan fingerprint density at radius 2 is 1.84 bits per heavy atom. The molecule has 4 atom stereocenters. The van der Waals surface area contributed by atoms with Crippen LogP contribution in [-0.4, -0.2) is 45.8 Å². The van der Waals surface area contributed by atoms with Gasteiger partial charge in [-0.1, -0.05) is 62.4 Å². The summed E-state index contributed by atoms with van der Waals surface area (Å²) in [5, 5.41) is 2.88. The molecule has 11 nitrogen and oxygen atoms in total. The Kier molecular flexibility index (Phi) is 9.52. The molecule has 5 rings (SSSR count). The number of fused-ring (bicyclic) bond motifs is 1. The molecule has 0 saturated heterocycles. The Morgan fingerprint density at radius 1 is 1.12 bits per heavy atom. The van der Waals surface area contributed by atoms with Gasteiger partial charge in [-0.25, -0.2) is 19.4 Å². The van der Waals surface area contributed by atoms with Crippen molar-refractivity contribution in [1.29, 1.82) is 0 Å². The number of esters is 1. The van der Waals surface area contributed by atoms with E-state index in [1.165, 1.54) is 17.1 Å². The molecule has 3 heterocycles. The molecule has 0 spiro atoms. The molecule has 1 aliphatic rings. The van der Waals surface area contributed by atoms with Gasteiger partial charge in [0.1, 0.15) is 17.3 Å². The SMILES string of the molecule is CC(C)COC(=O)[C@H](Cc1ccccc1)N[P@](=O)(CO[C@@H]1C=C(F)[C@H](n2cnc3c(N)ccnc32)O1)Oc1ccccc1. The number of nitrogens with zero attached hydrogens (tertiary/aromatic N) is 3. The fourth-order valence-corrected chi connectivity index (χ4v) is 6.04. The number of ether oxygens (including phenoxy) is 3. The number of hydrogen-bond donors (Lipinski definition) is 2. The van der Waals surface area contributed by atoms with E-state index in [1.807, 2.05) is 44.2 Å². The number of para-hydroxylation sites is 1. The molecule has 1 aliphatic heterocycles. The van der Waals surface area contributed by atoms with E-state index in [0.717, 1.165) is 11.6 Å². The Morgan fingerprint density at radius 3 is 2.56 bits per heavy atom. The lowest BCUT2D eigenvalue weighted by Gasteiger charge is -2.26. The second kappa shape index (κ2) is 13.5. The number of rotatable bonds is 13. The van der Waals surface area contributed by atoms with Crippen molar-refractivity contribution in [1.82, 2.24) is 19.6 Å². The van der Waals surface area contributed by atoms with Gasteiger partial charge < -0.3 is 24.5 Å². The van der Waals surface area contributed by atoms with Crippen LogP contribution >= 0.6 is 7.52 Å². The molecule has 226 valence electrons. The minimum absolute atomic E-state index is 0.102. The average Bonchev–Trinajstić information content (AvgIpc) is 3.59. The summed E-state index contributed by atoms with van der Waals surface area (Å²) in [6.45, 7) is 4.03. The van der Waals surface area contributed by atoms with E-state index in [-0.39, 0.29) is 24.7 Å². The van der Waals surface area contributed by atoms with Crippen LogP contribution < -0.4 is 15.3 Å². The lowest BCUT2D eigenvalue weighted by Crippen LogP contribution is -2.40. The van der Waals surface area contributed by atoms with Crippen LogP contribution in [-0.2, 0) is 30.0 Å². The van der Waals surface area contributed by atoms with Gasteiger partial charge in [0, 0.05) is 12.3 Å². The number of nitrogens with two attached hydrogens (primary N) is 1. The number of halogens is 1. The highest BCUT2D eigenvalue weighted by atomic mass is 31.2. The minimum atomic E-state index is -3.99. The van der Waals surface area contributed by atoms with Gasteiger partial charge in [-0.3, -0.25) is 13.9 Å². The van der Waals surface area contributed by atoms with Crippen molar-refractivity contribution in [2.45, 2.75) is 38.8 Å². The molecular weight excluding hydrogens is 576 g/mol. The molecule has 0 bridgehead atoms. The predicted octanol–water partition coefficient (Wildman–Crippen LogP) is 5.37. The van der Waals surface area contributed by atoms with E-state index in [0.29, 0.717) is 16.9 Å².